The molecule has 0 aromatic carbocycles. The Morgan fingerprint density at radius 2 is 1.08 bits per heavy atom. The van der Waals surface area contributed by atoms with E-state index in [2.05, 4.69) is 48.6 Å². The molecule has 0 aliphatic heterocycles. The molecular formula is C25H30. The fourth-order valence-corrected chi connectivity index (χ4v) is 9.19. The second-order valence-electron chi connectivity index (χ2n) is 10.4. The molecule has 4 saturated carbocycles. The molecule has 0 spiro atoms. The maximum absolute atomic E-state index is 2.57. The Morgan fingerprint density at radius 3 is 1.92 bits per heavy atom. The molecule has 0 radical (unpaired) electrons. The van der Waals surface area contributed by atoms with Gasteiger partial charge >= 0.3 is 0 Å². The number of hydrogen-bond acceptors (Lipinski definition) is 0. The molecule has 130 valence electrons. The van der Waals surface area contributed by atoms with E-state index in [4.69, 9.17) is 0 Å². The Hall–Kier alpha value is -1.04. The maximum atomic E-state index is 2.57. The van der Waals surface area contributed by atoms with Crippen molar-refractivity contribution in [3.63, 3.8) is 0 Å². The monoisotopic (exact) mass is 330 g/mol. The maximum Gasteiger partial charge on any atom is -0.0133 e. The molecule has 12 unspecified atom stereocenters. The minimum absolute atomic E-state index is 0.925. The van der Waals surface area contributed by atoms with E-state index in [0.717, 1.165) is 71.0 Å². The van der Waals surface area contributed by atoms with Crippen LogP contribution in [0.5, 0.6) is 0 Å². The molecule has 0 aromatic heterocycles. The van der Waals surface area contributed by atoms with Crippen molar-refractivity contribution in [1.82, 2.24) is 0 Å². The van der Waals surface area contributed by atoms with Gasteiger partial charge in [0.15, 0.2) is 0 Å². The SMILES string of the molecule is C1=CC2C(C1)C1CC2C2C3C=CC(C3)C12.C1=CC2C3C=CC(C3)C2C1. The van der Waals surface area contributed by atoms with Crippen LogP contribution in [-0.2, 0) is 0 Å². The molecule has 0 N–H and O–H groups in total. The zero-order valence-corrected chi connectivity index (χ0v) is 15.1. The van der Waals surface area contributed by atoms with Gasteiger partial charge in [-0.25, -0.2) is 0 Å². The van der Waals surface area contributed by atoms with Gasteiger partial charge in [-0.15, -0.1) is 0 Å². The zero-order chi connectivity index (χ0) is 16.1. The number of fused-ring (bicyclic) bond motifs is 17. The molecule has 0 aromatic rings. The van der Waals surface area contributed by atoms with Crippen molar-refractivity contribution < 1.29 is 0 Å². The predicted octanol–water partition coefficient (Wildman–Crippen LogP) is 5.65. The number of hydrogen-bond donors (Lipinski definition) is 0. The number of allylic oxidation sites excluding steroid dienone is 8. The van der Waals surface area contributed by atoms with Gasteiger partial charge in [0.25, 0.3) is 0 Å². The van der Waals surface area contributed by atoms with E-state index in [1.54, 1.807) is 6.42 Å². The van der Waals surface area contributed by atoms with Crippen LogP contribution in [0.4, 0.5) is 0 Å². The smallest absolute Gasteiger partial charge is 0.0133 e. The average molecular weight is 331 g/mol. The zero-order valence-electron chi connectivity index (χ0n) is 15.1. The van der Waals surface area contributed by atoms with E-state index in [-0.39, 0.29) is 0 Å². The lowest BCUT2D eigenvalue weighted by Gasteiger charge is -2.38. The molecule has 0 nitrogen and oxygen atoms in total. The molecule has 6 bridgehead atoms. The minimum atomic E-state index is 0.925. The van der Waals surface area contributed by atoms with Crippen molar-refractivity contribution in [3.05, 3.63) is 48.6 Å². The molecule has 8 rings (SSSR count). The van der Waals surface area contributed by atoms with Crippen molar-refractivity contribution in [2.45, 2.75) is 32.1 Å². The van der Waals surface area contributed by atoms with Crippen molar-refractivity contribution in [2.75, 3.05) is 0 Å². The first-order valence-electron chi connectivity index (χ1n) is 11.1. The van der Waals surface area contributed by atoms with Gasteiger partial charge < -0.3 is 0 Å². The van der Waals surface area contributed by atoms with Crippen LogP contribution >= 0.6 is 0 Å². The fourth-order valence-electron chi connectivity index (χ4n) is 9.19. The van der Waals surface area contributed by atoms with Crippen LogP contribution in [0.2, 0.25) is 0 Å². The first-order chi connectivity index (χ1) is 12.4. The van der Waals surface area contributed by atoms with Crippen LogP contribution in [0, 0.1) is 71.0 Å². The second-order valence-corrected chi connectivity index (χ2v) is 10.4. The molecule has 25 heavy (non-hydrogen) atoms. The summed E-state index contributed by atoms with van der Waals surface area (Å²) in [7, 11) is 0. The summed E-state index contributed by atoms with van der Waals surface area (Å²) >= 11 is 0. The molecule has 8 aliphatic rings. The minimum Gasteiger partial charge on any atom is -0.0879 e. The summed E-state index contributed by atoms with van der Waals surface area (Å²) < 4.78 is 0. The second kappa shape index (κ2) is 4.81. The van der Waals surface area contributed by atoms with Crippen LogP contribution in [-0.4, -0.2) is 0 Å². The Balaban J connectivity index is 0.000000105. The topological polar surface area (TPSA) is 0 Å². The number of rotatable bonds is 0. The van der Waals surface area contributed by atoms with Gasteiger partial charge in [-0.3, -0.25) is 0 Å². The van der Waals surface area contributed by atoms with Crippen LogP contribution < -0.4 is 0 Å². The highest BCUT2D eigenvalue weighted by molar-refractivity contribution is 5.25. The van der Waals surface area contributed by atoms with Gasteiger partial charge in [-0.2, -0.15) is 0 Å². The quantitative estimate of drug-likeness (QED) is 0.397. The van der Waals surface area contributed by atoms with Gasteiger partial charge in [-0.1, -0.05) is 48.6 Å². The van der Waals surface area contributed by atoms with Crippen molar-refractivity contribution >= 4 is 0 Å². The average Bonchev–Trinajstić information content (AvgIpc) is 3.50. The highest BCUT2D eigenvalue weighted by Crippen LogP contribution is 2.70. The largest absolute Gasteiger partial charge is 0.0879 e. The van der Waals surface area contributed by atoms with Gasteiger partial charge in [0.1, 0.15) is 0 Å². The molecule has 0 saturated heterocycles. The van der Waals surface area contributed by atoms with Crippen LogP contribution in [0.1, 0.15) is 32.1 Å². The summed E-state index contributed by atoms with van der Waals surface area (Å²) in [5.74, 6) is 12.3. The molecule has 12 atom stereocenters. The molecule has 8 aliphatic carbocycles. The first kappa shape index (κ1) is 14.1. The van der Waals surface area contributed by atoms with E-state index in [1.807, 2.05) is 0 Å². The van der Waals surface area contributed by atoms with Crippen molar-refractivity contribution in [1.29, 1.82) is 0 Å². The third kappa shape index (κ3) is 1.70. The van der Waals surface area contributed by atoms with E-state index in [1.165, 1.54) is 25.7 Å². The first-order valence-corrected chi connectivity index (χ1v) is 11.1. The van der Waals surface area contributed by atoms with E-state index in [9.17, 15) is 0 Å². The van der Waals surface area contributed by atoms with Gasteiger partial charge in [0.05, 0.1) is 0 Å². The predicted molar refractivity (Wildman–Crippen MR) is 102 cm³/mol. The van der Waals surface area contributed by atoms with E-state index >= 15 is 0 Å². The normalized spacial score (nSPS) is 61.8. The van der Waals surface area contributed by atoms with Crippen LogP contribution in [0.25, 0.3) is 0 Å². The third-order valence-corrected chi connectivity index (χ3v) is 9.88. The summed E-state index contributed by atoms with van der Waals surface area (Å²) in [6, 6.07) is 0. The summed E-state index contributed by atoms with van der Waals surface area (Å²) in [5.41, 5.74) is 0. The van der Waals surface area contributed by atoms with Gasteiger partial charge in [-0.05, 0) is 103 Å². The lowest BCUT2D eigenvalue weighted by molar-refractivity contribution is 0.121. The van der Waals surface area contributed by atoms with Crippen molar-refractivity contribution in [2.24, 2.45) is 71.0 Å². The summed E-state index contributed by atoms with van der Waals surface area (Å²) in [4.78, 5) is 0. The summed E-state index contributed by atoms with van der Waals surface area (Å²) in [6.07, 6.45) is 27.2. The molecule has 0 amide bonds. The highest BCUT2D eigenvalue weighted by Gasteiger charge is 2.64. The van der Waals surface area contributed by atoms with Crippen LogP contribution in [0.15, 0.2) is 48.6 Å². The van der Waals surface area contributed by atoms with Crippen LogP contribution in [0.3, 0.4) is 0 Å². The summed E-state index contributed by atoms with van der Waals surface area (Å²) in [5, 5.41) is 0. The Labute approximate surface area is 152 Å². The van der Waals surface area contributed by atoms with E-state index in [0.29, 0.717) is 0 Å². The Morgan fingerprint density at radius 1 is 0.440 bits per heavy atom. The Kier molecular flexibility index (Phi) is 2.71. The van der Waals surface area contributed by atoms with Gasteiger partial charge in [0.2, 0.25) is 0 Å². The third-order valence-electron chi connectivity index (χ3n) is 9.88. The lowest BCUT2D eigenvalue weighted by atomic mass is 9.66. The summed E-state index contributed by atoms with van der Waals surface area (Å²) in [6.45, 7) is 0. The molecule has 0 heterocycles. The highest BCUT2D eigenvalue weighted by atomic mass is 14.7. The van der Waals surface area contributed by atoms with Gasteiger partial charge in [0, 0.05) is 0 Å². The molecule has 4 fully saturated rings. The van der Waals surface area contributed by atoms with E-state index < -0.39 is 0 Å². The lowest BCUT2D eigenvalue weighted by Crippen LogP contribution is -2.34. The fraction of sp³-hybridized carbons (Fsp3) is 0.680. The van der Waals surface area contributed by atoms with Crippen molar-refractivity contribution in [3.8, 4) is 0 Å². The molecular weight excluding hydrogens is 300 g/mol. The standard InChI is InChI=1S/C15H18.C10H12/c1-2-10-11(3-1)13-7-12(10)14-8-4-5-9(6-8)15(13)14;1-2-9-7-4-5-8(6-7)10(9)3-1/h1-2,4-5,8-15H,3,6-7H2;1-2,4-5,7-10H,3,6H2. The Bertz CT molecular complexity index is 708. The molecule has 0 heteroatoms.